The quantitative estimate of drug-likeness (QED) is 0.461. The summed E-state index contributed by atoms with van der Waals surface area (Å²) < 4.78 is 0. The maximum atomic E-state index is 9.41. The minimum Gasteiger partial charge on any atom is -0.545 e. The number of carboxylic acids is 4. The van der Waals surface area contributed by atoms with E-state index in [0.29, 0.717) is 24.3 Å². The van der Waals surface area contributed by atoms with Crippen molar-refractivity contribution in [1.82, 2.24) is 0 Å². The average Bonchev–Trinajstić information content (AvgIpc) is 2.12. The van der Waals surface area contributed by atoms with E-state index in [1.807, 2.05) is 0 Å². The van der Waals surface area contributed by atoms with Crippen molar-refractivity contribution in [3.63, 3.8) is 0 Å². The fraction of sp³-hybridized carbons (Fsp3) is 0. The van der Waals surface area contributed by atoms with Crippen molar-refractivity contribution >= 4 is 23.9 Å². The fourth-order valence-corrected chi connectivity index (χ4v) is 0.272. The van der Waals surface area contributed by atoms with E-state index in [-0.39, 0.29) is 16.8 Å². The molecular formula is C8H4CoO8-4. The van der Waals surface area contributed by atoms with Gasteiger partial charge in [-0.2, -0.15) is 0 Å². The minimum atomic E-state index is -1.55. The molecule has 17 heavy (non-hydrogen) atoms. The number of rotatable bonds is 4. The molecule has 0 aliphatic rings. The Morgan fingerprint density at radius 3 is 0.706 bits per heavy atom. The summed E-state index contributed by atoms with van der Waals surface area (Å²) in [6, 6.07) is 0. The number of hydrogen-bond donors (Lipinski definition) is 0. The first-order valence-electron chi connectivity index (χ1n) is 3.45. The Bertz CT molecular complexity index is 277. The maximum absolute atomic E-state index is 9.41. The van der Waals surface area contributed by atoms with Crippen LogP contribution in [0.5, 0.6) is 0 Å². The Morgan fingerprint density at radius 1 is 0.529 bits per heavy atom. The SMILES string of the molecule is O=C([O-])C=CC(=O)[O-].O=C([O-])C=CC(=O)[O-].[Co]. The Morgan fingerprint density at radius 2 is 0.647 bits per heavy atom. The van der Waals surface area contributed by atoms with E-state index in [9.17, 15) is 39.6 Å². The maximum Gasteiger partial charge on any atom is 0.0643 e. The summed E-state index contributed by atoms with van der Waals surface area (Å²) in [4.78, 5) is 37.7. The minimum absolute atomic E-state index is 0. The fourth-order valence-electron chi connectivity index (χ4n) is 0.272. The number of carboxylic acid groups (broad SMARTS) is 4. The molecule has 97 valence electrons. The van der Waals surface area contributed by atoms with Gasteiger partial charge in [0.25, 0.3) is 0 Å². The van der Waals surface area contributed by atoms with Crippen molar-refractivity contribution in [2.75, 3.05) is 0 Å². The molecular weight excluding hydrogens is 283 g/mol. The van der Waals surface area contributed by atoms with Crippen LogP contribution in [0, 0.1) is 0 Å². The molecule has 0 atom stereocenters. The molecule has 0 aromatic heterocycles. The third kappa shape index (κ3) is 31.6. The monoisotopic (exact) mass is 287 g/mol. The van der Waals surface area contributed by atoms with Crippen molar-refractivity contribution in [2.24, 2.45) is 0 Å². The predicted molar refractivity (Wildman–Crippen MR) is 38.3 cm³/mol. The molecule has 0 bridgehead atoms. The molecule has 1 radical (unpaired) electrons. The van der Waals surface area contributed by atoms with E-state index < -0.39 is 23.9 Å². The predicted octanol–water partition coefficient (Wildman–Crippen LogP) is -5.92. The van der Waals surface area contributed by atoms with Gasteiger partial charge in [0.2, 0.25) is 0 Å². The molecule has 0 aromatic carbocycles. The Labute approximate surface area is 105 Å². The normalized spacial score (nSPS) is 8.94. The number of carbonyl (C=O) groups is 4. The molecule has 0 N–H and O–H groups in total. The van der Waals surface area contributed by atoms with Gasteiger partial charge in [0.1, 0.15) is 0 Å². The van der Waals surface area contributed by atoms with Gasteiger partial charge in [-0.15, -0.1) is 0 Å². The summed E-state index contributed by atoms with van der Waals surface area (Å²) in [5.74, 6) is -6.19. The van der Waals surface area contributed by atoms with E-state index in [2.05, 4.69) is 0 Å². The Hall–Kier alpha value is -2.13. The molecule has 0 aliphatic carbocycles. The van der Waals surface area contributed by atoms with Crippen LogP contribution in [0.1, 0.15) is 0 Å². The third-order valence-corrected chi connectivity index (χ3v) is 0.711. The standard InChI is InChI=1S/2C4H4O4.Co/c2*5-3(6)1-2-4(7)8;/h2*1-2H,(H,5,6)(H,7,8);/p-4. The molecule has 0 aromatic rings. The van der Waals surface area contributed by atoms with Crippen LogP contribution in [0.4, 0.5) is 0 Å². The van der Waals surface area contributed by atoms with E-state index in [4.69, 9.17) is 0 Å². The van der Waals surface area contributed by atoms with Gasteiger partial charge >= 0.3 is 0 Å². The van der Waals surface area contributed by atoms with Crippen LogP contribution < -0.4 is 20.4 Å². The Balaban J connectivity index is -0.000000218. The van der Waals surface area contributed by atoms with E-state index in [1.165, 1.54) is 0 Å². The molecule has 9 heteroatoms. The second kappa shape index (κ2) is 11.9. The van der Waals surface area contributed by atoms with Crippen molar-refractivity contribution in [1.29, 1.82) is 0 Å². The molecule has 0 unspecified atom stereocenters. The van der Waals surface area contributed by atoms with E-state index in [0.717, 1.165) is 0 Å². The van der Waals surface area contributed by atoms with Crippen molar-refractivity contribution in [2.45, 2.75) is 0 Å². The summed E-state index contributed by atoms with van der Waals surface area (Å²) in [7, 11) is 0. The summed E-state index contributed by atoms with van der Waals surface area (Å²) in [5.41, 5.74) is 0. The van der Waals surface area contributed by atoms with E-state index in [1.54, 1.807) is 0 Å². The van der Waals surface area contributed by atoms with Crippen LogP contribution in [0.15, 0.2) is 24.3 Å². The van der Waals surface area contributed by atoms with Gasteiger partial charge in [-0.05, 0) is 24.3 Å². The van der Waals surface area contributed by atoms with E-state index >= 15 is 0 Å². The summed E-state index contributed by atoms with van der Waals surface area (Å²) >= 11 is 0. The molecule has 0 saturated carbocycles. The van der Waals surface area contributed by atoms with Gasteiger partial charge in [0.15, 0.2) is 0 Å². The van der Waals surface area contributed by atoms with Gasteiger partial charge in [-0.3, -0.25) is 0 Å². The molecule has 0 fully saturated rings. The van der Waals surface area contributed by atoms with Crippen molar-refractivity contribution in [3.8, 4) is 0 Å². The molecule has 0 heterocycles. The first-order chi connectivity index (χ1) is 7.25. The molecule has 0 spiro atoms. The number of hydrogen-bond acceptors (Lipinski definition) is 8. The zero-order valence-electron chi connectivity index (χ0n) is 7.91. The molecule has 0 aliphatic heterocycles. The average molecular weight is 287 g/mol. The van der Waals surface area contributed by atoms with Crippen LogP contribution in [0.25, 0.3) is 0 Å². The second-order valence-corrected chi connectivity index (χ2v) is 1.94. The topological polar surface area (TPSA) is 161 Å². The summed E-state index contributed by atoms with van der Waals surface area (Å²) in [5, 5.41) is 37.7. The first-order valence-corrected chi connectivity index (χ1v) is 3.45. The van der Waals surface area contributed by atoms with Crippen molar-refractivity contribution in [3.05, 3.63) is 24.3 Å². The van der Waals surface area contributed by atoms with Crippen LogP contribution in [-0.2, 0) is 36.0 Å². The van der Waals surface area contributed by atoms with Gasteiger partial charge < -0.3 is 39.6 Å². The van der Waals surface area contributed by atoms with Gasteiger partial charge in [0, 0.05) is 16.8 Å². The second-order valence-electron chi connectivity index (χ2n) is 1.94. The van der Waals surface area contributed by atoms with Crippen LogP contribution >= 0.6 is 0 Å². The molecule has 0 saturated heterocycles. The zero-order valence-corrected chi connectivity index (χ0v) is 8.95. The first kappa shape index (κ1) is 20.3. The van der Waals surface area contributed by atoms with Crippen LogP contribution in [0.3, 0.4) is 0 Å². The third-order valence-electron chi connectivity index (χ3n) is 0.711. The molecule has 0 rings (SSSR count). The molecule has 0 amide bonds. The number of carbonyl (C=O) groups excluding carboxylic acids is 4. The number of aliphatic carboxylic acids is 4. The van der Waals surface area contributed by atoms with Gasteiger partial charge in [-0.25, -0.2) is 0 Å². The van der Waals surface area contributed by atoms with Crippen LogP contribution in [0.2, 0.25) is 0 Å². The summed E-state index contributed by atoms with van der Waals surface area (Å²) in [6.45, 7) is 0. The smallest absolute Gasteiger partial charge is 0.0643 e. The van der Waals surface area contributed by atoms with Gasteiger partial charge in [-0.1, -0.05) is 0 Å². The largest absolute Gasteiger partial charge is 0.545 e. The Kier molecular flexibility index (Phi) is 14.3. The van der Waals surface area contributed by atoms with Gasteiger partial charge in [0.05, 0.1) is 23.9 Å². The zero-order chi connectivity index (χ0) is 13.1. The summed E-state index contributed by atoms with van der Waals surface area (Å²) in [6.07, 6.45) is 1.54. The molecule has 8 nitrogen and oxygen atoms in total. The van der Waals surface area contributed by atoms with Crippen LogP contribution in [-0.4, -0.2) is 23.9 Å². The van der Waals surface area contributed by atoms with Crippen molar-refractivity contribution < 1.29 is 56.4 Å².